The first-order chi connectivity index (χ1) is 13.5. The summed E-state index contributed by atoms with van der Waals surface area (Å²) in [7, 11) is 0. The Bertz CT molecular complexity index is 814. The summed E-state index contributed by atoms with van der Waals surface area (Å²) >= 11 is 0. The maximum atomic E-state index is 13.3. The quantitative estimate of drug-likeness (QED) is 0.330. The fourth-order valence-corrected chi connectivity index (χ4v) is 6.91. The first-order valence-electron chi connectivity index (χ1n) is 10.2. The molecule has 3 saturated carbocycles. The van der Waals surface area contributed by atoms with Crippen molar-refractivity contribution < 1.29 is 33.8 Å². The molecule has 0 aromatic rings. The van der Waals surface area contributed by atoms with Gasteiger partial charge in [-0.25, -0.2) is 0 Å². The number of hydrogen-bond acceptors (Lipinski definition) is 7. The van der Waals surface area contributed by atoms with E-state index in [1.54, 1.807) is 0 Å². The van der Waals surface area contributed by atoms with Crippen molar-refractivity contribution in [2.75, 3.05) is 6.61 Å². The number of aldehydes is 1. The van der Waals surface area contributed by atoms with Crippen LogP contribution >= 0.6 is 0 Å². The van der Waals surface area contributed by atoms with Gasteiger partial charge < -0.3 is 19.4 Å². The zero-order chi connectivity index (χ0) is 21.4. The van der Waals surface area contributed by atoms with E-state index in [4.69, 9.17) is 9.47 Å². The Hall–Kier alpha value is -2.02. The van der Waals surface area contributed by atoms with Crippen LogP contribution in [0.3, 0.4) is 0 Å². The van der Waals surface area contributed by atoms with Crippen LogP contribution in [-0.4, -0.2) is 47.9 Å². The largest absolute Gasteiger partial charge is 0.465 e. The Morgan fingerprint density at radius 1 is 1.38 bits per heavy atom. The summed E-state index contributed by atoms with van der Waals surface area (Å²) in [5.41, 5.74) is -2.86. The van der Waals surface area contributed by atoms with Crippen molar-refractivity contribution in [2.45, 2.75) is 58.7 Å². The van der Waals surface area contributed by atoms with Gasteiger partial charge in [0.05, 0.1) is 11.5 Å². The van der Waals surface area contributed by atoms with Gasteiger partial charge in [-0.15, -0.1) is 0 Å². The van der Waals surface area contributed by atoms with Crippen LogP contribution in [0.5, 0.6) is 0 Å². The van der Waals surface area contributed by atoms with Gasteiger partial charge in [0.2, 0.25) is 0 Å². The predicted octanol–water partition coefficient (Wildman–Crippen LogP) is 1.61. The van der Waals surface area contributed by atoms with Crippen LogP contribution in [0, 0.1) is 34.0 Å². The minimum atomic E-state index is -1.56. The minimum Gasteiger partial charge on any atom is -0.465 e. The van der Waals surface area contributed by atoms with Gasteiger partial charge in [-0.1, -0.05) is 20.4 Å². The molecule has 2 bridgehead atoms. The van der Waals surface area contributed by atoms with Crippen molar-refractivity contribution in [3.63, 3.8) is 0 Å². The van der Waals surface area contributed by atoms with Crippen LogP contribution in [-0.2, 0) is 28.7 Å². The number of esters is 2. The standard InChI is InChI=1S/C22H28O7/c1-11-13-7-14(25)17-21(8-13,18(11)26)19(27)29-16-5-6-20(3,4)15(9-23)22(16,17)10-28-12(2)24/h9,13-17,25H,1,5-8,10H2,2-4H3. The van der Waals surface area contributed by atoms with Crippen LogP contribution < -0.4 is 0 Å². The van der Waals surface area contributed by atoms with E-state index in [1.165, 1.54) is 6.92 Å². The normalized spacial score (nSPS) is 45.1. The Labute approximate surface area is 169 Å². The third-order valence-corrected chi connectivity index (χ3v) is 8.13. The molecule has 3 aliphatic carbocycles. The second kappa shape index (κ2) is 6.24. The fraction of sp³-hybridized carbons (Fsp3) is 0.727. The molecule has 4 aliphatic rings. The third kappa shape index (κ3) is 2.39. The van der Waals surface area contributed by atoms with Crippen molar-refractivity contribution >= 4 is 24.0 Å². The lowest BCUT2D eigenvalue weighted by atomic mass is 9.43. The van der Waals surface area contributed by atoms with Crippen molar-refractivity contribution in [3.8, 4) is 0 Å². The van der Waals surface area contributed by atoms with E-state index in [2.05, 4.69) is 6.58 Å². The number of hydrogen-bond donors (Lipinski definition) is 1. The molecule has 0 amide bonds. The fourth-order valence-electron chi connectivity index (χ4n) is 6.91. The van der Waals surface area contributed by atoms with Gasteiger partial charge in [0.25, 0.3) is 0 Å². The van der Waals surface area contributed by atoms with Crippen LogP contribution in [0.2, 0.25) is 0 Å². The molecule has 1 N–H and O–H groups in total. The summed E-state index contributed by atoms with van der Waals surface area (Å²) in [4.78, 5) is 50.7. The Morgan fingerprint density at radius 3 is 2.69 bits per heavy atom. The highest BCUT2D eigenvalue weighted by Crippen LogP contribution is 2.68. The number of carbonyl (C=O) groups excluding carboxylic acids is 4. The molecule has 1 heterocycles. The molecular formula is C22H28O7. The second-order valence-electron chi connectivity index (χ2n) is 9.94. The van der Waals surface area contributed by atoms with Crippen molar-refractivity contribution in [1.82, 2.24) is 0 Å². The molecule has 7 heteroatoms. The first-order valence-corrected chi connectivity index (χ1v) is 10.2. The lowest BCUT2D eigenvalue weighted by Crippen LogP contribution is -2.72. The maximum Gasteiger partial charge on any atom is 0.320 e. The topological polar surface area (TPSA) is 107 Å². The molecule has 0 aromatic carbocycles. The number of carbonyl (C=O) groups is 4. The third-order valence-electron chi connectivity index (χ3n) is 8.13. The van der Waals surface area contributed by atoms with Crippen molar-refractivity contribution in [1.29, 1.82) is 0 Å². The number of fused-ring (bicyclic) bond motifs is 3. The summed E-state index contributed by atoms with van der Waals surface area (Å²) in [5, 5.41) is 11.2. The summed E-state index contributed by atoms with van der Waals surface area (Å²) < 4.78 is 11.3. The van der Waals surface area contributed by atoms with Gasteiger partial charge in [-0.3, -0.25) is 14.4 Å². The smallest absolute Gasteiger partial charge is 0.320 e. The average Bonchev–Trinajstić information content (AvgIpc) is 2.83. The summed E-state index contributed by atoms with van der Waals surface area (Å²) in [6.45, 7) is 8.88. The van der Waals surface area contributed by atoms with Gasteiger partial charge in [-0.05, 0) is 42.6 Å². The zero-order valence-electron chi connectivity index (χ0n) is 17.1. The van der Waals surface area contributed by atoms with Crippen LogP contribution in [0.1, 0.15) is 46.5 Å². The number of rotatable bonds is 3. The van der Waals surface area contributed by atoms with E-state index >= 15 is 0 Å². The Balaban J connectivity index is 1.96. The van der Waals surface area contributed by atoms with E-state index in [9.17, 15) is 24.3 Å². The monoisotopic (exact) mass is 404 g/mol. The SMILES string of the molecule is C=C1C(=O)C23CC1CC(O)C2C1(COC(C)=O)C(CCC(C)(C)C1C=O)OC3=O. The predicted molar refractivity (Wildman–Crippen MR) is 100 cm³/mol. The number of aliphatic hydroxyl groups excluding tert-OH is 1. The molecule has 0 aromatic heterocycles. The average molecular weight is 404 g/mol. The minimum absolute atomic E-state index is 0.180. The number of allylic oxidation sites excluding steroid dienone is 1. The molecular weight excluding hydrogens is 376 g/mol. The van der Waals surface area contributed by atoms with E-state index in [-0.39, 0.29) is 18.9 Å². The highest BCUT2D eigenvalue weighted by molar-refractivity contribution is 6.15. The molecule has 29 heavy (non-hydrogen) atoms. The maximum absolute atomic E-state index is 13.3. The van der Waals surface area contributed by atoms with Crippen LogP contribution in [0.4, 0.5) is 0 Å². The molecule has 7 atom stereocenters. The van der Waals surface area contributed by atoms with E-state index in [0.29, 0.717) is 24.8 Å². The number of ether oxygens (including phenoxy) is 2. The van der Waals surface area contributed by atoms with Gasteiger partial charge in [-0.2, -0.15) is 0 Å². The van der Waals surface area contributed by atoms with Gasteiger partial charge in [0, 0.05) is 18.8 Å². The second-order valence-corrected chi connectivity index (χ2v) is 9.94. The molecule has 0 radical (unpaired) electrons. The molecule has 4 fully saturated rings. The van der Waals surface area contributed by atoms with E-state index < -0.39 is 58.0 Å². The van der Waals surface area contributed by atoms with Crippen LogP contribution in [0.15, 0.2) is 12.2 Å². The van der Waals surface area contributed by atoms with E-state index in [0.717, 1.165) is 6.29 Å². The Morgan fingerprint density at radius 2 is 2.07 bits per heavy atom. The van der Waals surface area contributed by atoms with Gasteiger partial charge in [0.15, 0.2) is 5.78 Å². The molecule has 1 saturated heterocycles. The molecule has 4 rings (SSSR count). The highest BCUT2D eigenvalue weighted by atomic mass is 16.6. The van der Waals surface area contributed by atoms with Crippen molar-refractivity contribution in [3.05, 3.63) is 12.2 Å². The molecule has 1 spiro atoms. The lowest BCUT2D eigenvalue weighted by molar-refractivity contribution is -0.261. The van der Waals surface area contributed by atoms with Gasteiger partial charge in [0.1, 0.15) is 24.4 Å². The molecule has 7 nitrogen and oxygen atoms in total. The molecule has 7 unspecified atom stereocenters. The van der Waals surface area contributed by atoms with E-state index in [1.807, 2.05) is 13.8 Å². The summed E-state index contributed by atoms with van der Waals surface area (Å²) in [6, 6.07) is 0. The van der Waals surface area contributed by atoms with Crippen LogP contribution in [0.25, 0.3) is 0 Å². The molecule has 158 valence electrons. The zero-order valence-corrected chi connectivity index (χ0v) is 17.1. The molecule has 1 aliphatic heterocycles. The van der Waals surface area contributed by atoms with Crippen molar-refractivity contribution in [2.24, 2.45) is 34.0 Å². The highest BCUT2D eigenvalue weighted by Gasteiger charge is 2.77. The van der Waals surface area contributed by atoms with Gasteiger partial charge >= 0.3 is 11.9 Å². The Kier molecular flexibility index (Phi) is 4.36. The number of Topliss-reactive ketones (excluding diaryl/α,β-unsaturated/α-hetero) is 1. The summed E-state index contributed by atoms with van der Waals surface area (Å²) in [6.07, 6.45) is 0.754. The summed E-state index contributed by atoms with van der Waals surface area (Å²) in [5.74, 6) is -3.36. The first kappa shape index (κ1) is 20.3. The number of ketones is 1. The number of aliphatic hydroxyl groups is 1. The lowest BCUT2D eigenvalue weighted by Gasteiger charge is -2.63.